The summed E-state index contributed by atoms with van der Waals surface area (Å²) in [6, 6.07) is 8.19. The Morgan fingerprint density at radius 3 is 2.00 bits per heavy atom. The molecule has 0 nitrogen and oxygen atoms in total. The largest absolute Gasteiger partial charge is 0.138 e. The monoisotopic (exact) mass is 294 g/mol. The number of hydrogen-bond donors (Lipinski definition) is 0. The van der Waals surface area contributed by atoms with E-state index >= 15 is 0 Å². The van der Waals surface area contributed by atoms with E-state index in [1.807, 2.05) is 12.1 Å². The van der Waals surface area contributed by atoms with Crippen molar-refractivity contribution < 1.29 is 0 Å². The van der Waals surface area contributed by atoms with Crippen molar-refractivity contribution in [2.75, 3.05) is 0 Å². The van der Waals surface area contributed by atoms with Crippen LogP contribution in [-0.4, -0.2) is 8.07 Å². The lowest BCUT2D eigenvalue weighted by atomic mass is 10.2. The second kappa shape index (κ2) is 4.77. The maximum absolute atomic E-state index is 3.51. The molecule has 0 spiro atoms. The topological polar surface area (TPSA) is 0 Å². The van der Waals surface area contributed by atoms with Gasteiger partial charge < -0.3 is 0 Å². The lowest BCUT2D eigenvalue weighted by Gasteiger charge is -2.31. The van der Waals surface area contributed by atoms with Crippen molar-refractivity contribution in [3.63, 3.8) is 0 Å². The van der Waals surface area contributed by atoms with Gasteiger partial charge in [-0.3, -0.25) is 0 Å². The molecule has 0 aliphatic carbocycles. The third-order valence-corrected chi connectivity index (χ3v) is 8.27. The molecular weight excluding hydrogens is 276 g/mol. The van der Waals surface area contributed by atoms with E-state index in [4.69, 9.17) is 0 Å². The van der Waals surface area contributed by atoms with E-state index in [2.05, 4.69) is 73.4 Å². The van der Waals surface area contributed by atoms with Crippen LogP contribution < -0.4 is 0 Å². The van der Waals surface area contributed by atoms with Gasteiger partial charge in [0.2, 0.25) is 0 Å². The Morgan fingerprint density at radius 1 is 1.06 bits per heavy atom. The van der Waals surface area contributed by atoms with E-state index in [9.17, 15) is 0 Å². The molecule has 16 heavy (non-hydrogen) atoms. The highest BCUT2D eigenvalue weighted by Gasteiger charge is 2.33. The average Bonchev–Trinajstić information content (AvgIpc) is 2.15. The molecule has 0 bridgehead atoms. The van der Waals surface area contributed by atoms with Gasteiger partial charge in [0.25, 0.3) is 0 Å². The summed E-state index contributed by atoms with van der Waals surface area (Å²) in [5.74, 6) is 3.31. The van der Waals surface area contributed by atoms with Crippen LogP contribution in [0.4, 0.5) is 0 Å². The Labute approximate surface area is 109 Å². The highest BCUT2D eigenvalue weighted by atomic mass is 79.9. The molecule has 0 amide bonds. The third-order valence-electron chi connectivity index (χ3n) is 3.24. The van der Waals surface area contributed by atoms with Crippen molar-refractivity contribution in [2.24, 2.45) is 0 Å². The maximum atomic E-state index is 3.51. The summed E-state index contributed by atoms with van der Waals surface area (Å²) in [5, 5.41) is 0.329. The molecule has 0 atom stereocenters. The summed E-state index contributed by atoms with van der Waals surface area (Å²) in [4.78, 5) is 0. The van der Waals surface area contributed by atoms with E-state index in [0.29, 0.717) is 5.04 Å². The molecule has 1 aromatic carbocycles. The van der Waals surface area contributed by atoms with Gasteiger partial charge in [0.1, 0.15) is 8.07 Å². The van der Waals surface area contributed by atoms with Crippen LogP contribution in [0.5, 0.6) is 0 Å². The molecule has 0 aliphatic heterocycles. The normalized spacial score (nSPS) is 11.9. The van der Waals surface area contributed by atoms with Gasteiger partial charge in [-0.15, -0.1) is 5.54 Å². The van der Waals surface area contributed by atoms with Crippen LogP contribution in [0.2, 0.25) is 18.1 Å². The Kier molecular flexibility index (Phi) is 4.04. The molecule has 0 aromatic heterocycles. The minimum absolute atomic E-state index is 0.329. The second-order valence-corrected chi connectivity index (χ2v) is 11.5. The van der Waals surface area contributed by atoms with E-state index in [0.717, 1.165) is 10.0 Å². The lowest BCUT2D eigenvalue weighted by molar-refractivity contribution is 0.731. The molecule has 0 heterocycles. The molecule has 0 saturated heterocycles. The zero-order valence-electron chi connectivity index (χ0n) is 10.7. The fourth-order valence-electron chi connectivity index (χ4n) is 0.949. The molecule has 0 aliphatic rings. The summed E-state index contributed by atoms with van der Waals surface area (Å²) < 4.78 is 1.10. The van der Waals surface area contributed by atoms with E-state index in [1.165, 1.54) is 0 Å². The van der Waals surface area contributed by atoms with Gasteiger partial charge in [-0.2, -0.15) is 0 Å². The van der Waals surface area contributed by atoms with E-state index < -0.39 is 8.07 Å². The summed E-state index contributed by atoms with van der Waals surface area (Å²) in [5.41, 5.74) is 4.61. The highest BCUT2D eigenvalue weighted by molar-refractivity contribution is 9.10. The molecule has 0 unspecified atom stereocenters. The minimum atomic E-state index is -1.47. The van der Waals surface area contributed by atoms with Crippen molar-refractivity contribution in [3.05, 3.63) is 34.3 Å². The third kappa shape index (κ3) is 3.50. The van der Waals surface area contributed by atoms with Gasteiger partial charge in [0, 0.05) is 10.0 Å². The fraction of sp³-hybridized carbons (Fsp3) is 0.429. The quantitative estimate of drug-likeness (QED) is 0.474. The van der Waals surface area contributed by atoms with Crippen molar-refractivity contribution in [1.82, 2.24) is 0 Å². The van der Waals surface area contributed by atoms with Crippen LogP contribution in [0.15, 0.2) is 28.7 Å². The zero-order chi connectivity index (χ0) is 12.4. The molecule has 1 aromatic rings. The predicted molar refractivity (Wildman–Crippen MR) is 78.2 cm³/mol. The number of halogens is 1. The molecule has 0 fully saturated rings. The highest BCUT2D eigenvalue weighted by Crippen LogP contribution is 2.35. The summed E-state index contributed by atoms with van der Waals surface area (Å²) in [6.07, 6.45) is 0. The minimum Gasteiger partial charge on any atom is -0.126 e. The van der Waals surface area contributed by atoms with E-state index in [1.54, 1.807) is 0 Å². The standard InChI is InChI=1S/C14H19BrSi/c1-14(2,3)16(4,5)11-10-12-6-8-13(15)9-7-12/h6-9H,1-5H3. The Hall–Kier alpha value is -0.523. The first kappa shape index (κ1) is 13.5. The smallest absolute Gasteiger partial charge is 0.126 e. The van der Waals surface area contributed by atoms with Crippen molar-refractivity contribution in [3.8, 4) is 11.5 Å². The van der Waals surface area contributed by atoms with Crippen LogP contribution in [0.1, 0.15) is 26.3 Å². The van der Waals surface area contributed by atoms with Gasteiger partial charge in [-0.25, -0.2) is 0 Å². The molecule has 0 saturated carbocycles. The zero-order valence-corrected chi connectivity index (χ0v) is 13.3. The second-order valence-electron chi connectivity index (χ2n) is 5.63. The van der Waals surface area contributed by atoms with Crippen LogP contribution in [0, 0.1) is 11.5 Å². The first-order valence-corrected chi connectivity index (χ1v) is 9.30. The SMILES string of the molecule is CC(C)(C)[Si](C)(C)C#Cc1ccc(Br)cc1. The first-order valence-electron chi connectivity index (χ1n) is 5.51. The predicted octanol–water partition coefficient (Wildman–Crippen LogP) is 4.85. The number of hydrogen-bond acceptors (Lipinski definition) is 0. The number of rotatable bonds is 0. The van der Waals surface area contributed by atoms with Gasteiger partial charge in [-0.1, -0.05) is 55.7 Å². The van der Waals surface area contributed by atoms with E-state index in [-0.39, 0.29) is 0 Å². The maximum Gasteiger partial charge on any atom is 0.138 e. The molecular formula is C14H19BrSi. The van der Waals surface area contributed by atoms with Crippen LogP contribution >= 0.6 is 15.9 Å². The molecule has 0 N–H and O–H groups in total. The molecule has 2 heteroatoms. The van der Waals surface area contributed by atoms with Crippen molar-refractivity contribution >= 4 is 24.0 Å². The summed E-state index contributed by atoms with van der Waals surface area (Å²) >= 11 is 3.43. The Bertz CT molecular complexity index is 413. The average molecular weight is 295 g/mol. The van der Waals surface area contributed by atoms with Crippen molar-refractivity contribution in [2.45, 2.75) is 38.9 Å². The van der Waals surface area contributed by atoms with Crippen LogP contribution in [-0.2, 0) is 0 Å². The Morgan fingerprint density at radius 2 is 1.56 bits per heavy atom. The summed E-state index contributed by atoms with van der Waals surface area (Å²) in [7, 11) is -1.47. The van der Waals surface area contributed by atoms with Crippen LogP contribution in [0.25, 0.3) is 0 Å². The molecule has 86 valence electrons. The van der Waals surface area contributed by atoms with Gasteiger partial charge in [-0.05, 0) is 29.3 Å². The lowest BCUT2D eigenvalue weighted by Crippen LogP contribution is -2.35. The first-order chi connectivity index (χ1) is 7.22. The Balaban J connectivity index is 2.94. The van der Waals surface area contributed by atoms with Crippen molar-refractivity contribution in [1.29, 1.82) is 0 Å². The van der Waals surface area contributed by atoms with Gasteiger partial charge in [0.15, 0.2) is 0 Å². The molecule has 1 rings (SSSR count). The summed E-state index contributed by atoms with van der Waals surface area (Å²) in [6.45, 7) is 11.5. The van der Waals surface area contributed by atoms with Crippen LogP contribution in [0.3, 0.4) is 0 Å². The molecule has 0 radical (unpaired) electrons. The fourth-order valence-corrected chi connectivity index (χ4v) is 2.05. The number of benzene rings is 1. The van der Waals surface area contributed by atoms with Gasteiger partial charge in [0.05, 0.1) is 0 Å². The van der Waals surface area contributed by atoms with Gasteiger partial charge >= 0.3 is 0 Å².